The first-order valence-electron chi connectivity index (χ1n) is 8.23. The number of rotatable bonds is 4. The first-order valence-corrected chi connectivity index (χ1v) is 10.9. The number of nitrogens with one attached hydrogen (secondary N) is 1. The van der Waals surface area contributed by atoms with Gasteiger partial charge in [0.25, 0.3) is 0 Å². The van der Waals surface area contributed by atoms with Crippen LogP contribution >= 0.6 is 11.3 Å². The molecule has 1 unspecified atom stereocenters. The van der Waals surface area contributed by atoms with Crippen LogP contribution in [0.1, 0.15) is 35.4 Å². The third-order valence-corrected chi connectivity index (χ3v) is 6.56. The largest absolute Gasteiger partial charge is 0.375 e. The molecule has 5 nitrogen and oxygen atoms in total. The first-order chi connectivity index (χ1) is 10.8. The molecular formula is C16H26N2O3S2. The predicted octanol–water partition coefficient (Wildman–Crippen LogP) is 2.12. The van der Waals surface area contributed by atoms with E-state index in [1.807, 2.05) is 11.3 Å². The quantitative estimate of drug-likeness (QED) is 0.896. The number of thiophene rings is 1. The third kappa shape index (κ3) is 4.76. The topological polar surface area (TPSA) is 58.6 Å². The van der Waals surface area contributed by atoms with Crippen LogP contribution in [0.2, 0.25) is 0 Å². The van der Waals surface area contributed by atoms with Crippen LogP contribution in [0.25, 0.3) is 0 Å². The van der Waals surface area contributed by atoms with E-state index in [1.54, 1.807) is 0 Å². The maximum Gasteiger partial charge on any atom is 0.208 e. The lowest BCUT2D eigenvalue weighted by molar-refractivity contribution is -0.118. The first kappa shape index (κ1) is 17.4. The van der Waals surface area contributed by atoms with Gasteiger partial charge in [0.05, 0.1) is 11.9 Å². The van der Waals surface area contributed by atoms with Crippen molar-refractivity contribution in [2.24, 2.45) is 0 Å². The van der Waals surface area contributed by atoms with Crippen molar-refractivity contribution in [3.8, 4) is 0 Å². The molecule has 1 spiro atoms. The van der Waals surface area contributed by atoms with Gasteiger partial charge in [-0.15, -0.1) is 11.3 Å². The summed E-state index contributed by atoms with van der Waals surface area (Å²) in [5, 5.41) is 0. The van der Waals surface area contributed by atoms with Gasteiger partial charge in [-0.1, -0.05) is 0 Å². The van der Waals surface area contributed by atoms with Crippen molar-refractivity contribution in [2.45, 2.75) is 50.8 Å². The molecule has 0 radical (unpaired) electrons. The van der Waals surface area contributed by atoms with Crippen molar-refractivity contribution in [3.63, 3.8) is 0 Å². The van der Waals surface area contributed by atoms with Crippen LogP contribution in [0, 0.1) is 6.92 Å². The molecule has 2 aliphatic heterocycles. The van der Waals surface area contributed by atoms with E-state index in [4.69, 9.17) is 4.74 Å². The summed E-state index contributed by atoms with van der Waals surface area (Å²) in [5.41, 5.74) is -0.136. The van der Waals surface area contributed by atoms with E-state index in [9.17, 15) is 8.42 Å². The van der Waals surface area contributed by atoms with E-state index in [0.29, 0.717) is 6.61 Å². The van der Waals surface area contributed by atoms with Crippen molar-refractivity contribution >= 4 is 21.4 Å². The zero-order chi connectivity index (χ0) is 16.5. The van der Waals surface area contributed by atoms with Crippen LogP contribution in [0.3, 0.4) is 0 Å². The molecule has 0 aromatic carbocycles. The van der Waals surface area contributed by atoms with Crippen molar-refractivity contribution in [3.05, 3.63) is 21.9 Å². The van der Waals surface area contributed by atoms with Crippen LogP contribution < -0.4 is 4.72 Å². The van der Waals surface area contributed by atoms with E-state index < -0.39 is 10.0 Å². The summed E-state index contributed by atoms with van der Waals surface area (Å²) in [6.45, 7) is 5.84. The molecule has 0 aliphatic carbocycles. The molecule has 1 atom stereocenters. The zero-order valence-corrected chi connectivity index (χ0v) is 15.5. The van der Waals surface area contributed by atoms with Crippen LogP contribution in [0.5, 0.6) is 0 Å². The summed E-state index contributed by atoms with van der Waals surface area (Å²) >= 11 is 1.87. The molecule has 1 aromatic heterocycles. The zero-order valence-electron chi connectivity index (χ0n) is 13.9. The minimum atomic E-state index is -3.14. The van der Waals surface area contributed by atoms with Gasteiger partial charge in [-0.3, -0.25) is 4.90 Å². The Labute approximate surface area is 143 Å². The van der Waals surface area contributed by atoms with Gasteiger partial charge in [0.2, 0.25) is 10.0 Å². The van der Waals surface area contributed by atoms with Crippen LogP contribution in [-0.4, -0.2) is 50.9 Å². The Bertz CT molecular complexity index is 634. The lowest BCUT2D eigenvalue weighted by atomic mass is 9.82. The fourth-order valence-electron chi connectivity index (χ4n) is 3.69. The summed E-state index contributed by atoms with van der Waals surface area (Å²) in [6.07, 6.45) is 4.78. The Morgan fingerprint density at radius 2 is 2.13 bits per heavy atom. The van der Waals surface area contributed by atoms with Crippen molar-refractivity contribution in [1.29, 1.82) is 0 Å². The molecule has 1 N–H and O–H groups in total. The monoisotopic (exact) mass is 358 g/mol. The van der Waals surface area contributed by atoms with Gasteiger partial charge in [0, 0.05) is 42.0 Å². The molecule has 2 saturated heterocycles. The average Bonchev–Trinajstić information content (AvgIpc) is 2.85. The number of nitrogens with zero attached hydrogens (tertiary/aromatic N) is 1. The van der Waals surface area contributed by atoms with Gasteiger partial charge in [0.15, 0.2) is 0 Å². The molecule has 23 heavy (non-hydrogen) atoms. The van der Waals surface area contributed by atoms with Gasteiger partial charge < -0.3 is 4.74 Å². The standard InChI is InChI=1S/C16H26N2O3S2/c1-13-3-4-15(22-13)12-18-8-6-16(7-9-18)11-14(5-10-21-16)17-23(2,19)20/h3-4,14,17H,5-12H2,1-2H3. The minimum absolute atomic E-state index is 0.0187. The van der Waals surface area contributed by atoms with Gasteiger partial charge in [-0.25, -0.2) is 13.1 Å². The smallest absolute Gasteiger partial charge is 0.208 e. The number of aryl methyl sites for hydroxylation is 1. The molecule has 3 rings (SSSR count). The van der Waals surface area contributed by atoms with E-state index in [1.165, 1.54) is 16.0 Å². The fraction of sp³-hybridized carbons (Fsp3) is 0.750. The lowest BCUT2D eigenvalue weighted by Crippen LogP contribution is -2.53. The molecule has 2 aliphatic rings. The molecule has 1 aromatic rings. The summed E-state index contributed by atoms with van der Waals surface area (Å²) in [5.74, 6) is 0. The summed E-state index contributed by atoms with van der Waals surface area (Å²) in [4.78, 5) is 5.26. The average molecular weight is 359 g/mol. The summed E-state index contributed by atoms with van der Waals surface area (Å²) in [7, 11) is -3.14. The van der Waals surface area contributed by atoms with E-state index in [0.717, 1.165) is 45.3 Å². The van der Waals surface area contributed by atoms with E-state index in [2.05, 4.69) is 28.7 Å². The number of ether oxygens (including phenoxy) is 1. The fourth-order valence-corrected chi connectivity index (χ4v) is 5.43. The van der Waals surface area contributed by atoms with Gasteiger partial charge in [-0.05, 0) is 44.7 Å². The summed E-state index contributed by atoms with van der Waals surface area (Å²) < 4.78 is 31.8. The van der Waals surface area contributed by atoms with Crippen molar-refractivity contribution in [2.75, 3.05) is 26.0 Å². The highest BCUT2D eigenvalue weighted by atomic mass is 32.2. The molecule has 130 valence electrons. The van der Waals surface area contributed by atoms with Crippen molar-refractivity contribution < 1.29 is 13.2 Å². The van der Waals surface area contributed by atoms with Crippen LogP contribution in [-0.2, 0) is 21.3 Å². The number of likely N-dealkylation sites (tertiary alicyclic amines) is 1. The Kier molecular flexibility index (Phi) is 5.13. The SMILES string of the molecule is Cc1ccc(CN2CCC3(CC2)CC(NS(C)(=O)=O)CCO3)s1. The highest BCUT2D eigenvalue weighted by Gasteiger charge is 2.40. The van der Waals surface area contributed by atoms with Gasteiger partial charge >= 0.3 is 0 Å². The Hall–Kier alpha value is -0.470. The maximum absolute atomic E-state index is 11.5. The Balaban J connectivity index is 1.54. The third-order valence-electron chi connectivity index (χ3n) is 4.82. The second kappa shape index (κ2) is 6.80. The molecule has 2 fully saturated rings. The minimum Gasteiger partial charge on any atom is -0.375 e. The van der Waals surface area contributed by atoms with E-state index in [-0.39, 0.29) is 11.6 Å². The lowest BCUT2D eigenvalue weighted by Gasteiger charge is -2.46. The summed E-state index contributed by atoms with van der Waals surface area (Å²) in [6, 6.07) is 4.41. The molecule has 3 heterocycles. The van der Waals surface area contributed by atoms with Crippen LogP contribution in [0.15, 0.2) is 12.1 Å². The van der Waals surface area contributed by atoms with Crippen molar-refractivity contribution in [1.82, 2.24) is 9.62 Å². The van der Waals surface area contributed by atoms with Gasteiger partial charge in [-0.2, -0.15) is 0 Å². The second-order valence-corrected chi connectivity index (χ2v) is 10.1. The molecule has 0 amide bonds. The number of sulfonamides is 1. The Morgan fingerprint density at radius 3 is 2.74 bits per heavy atom. The molecule has 7 heteroatoms. The normalized spacial score (nSPS) is 25.7. The second-order valence-electron chi connectivity index (χ2n) is 6.90. The number of hydrogen-bond acceptors (Lipinski definition) is 5. The van der Waals surface area contributed by atoms with Gasteiger partial charge in [0.1, 0.15) is 0 Å². The molecular weight excluding hydrogens is 332 g/mol. The maximum atomic E-state index is 11.5. The highest BCUT2D eigenvalue weighted by molar-refractivity contribution is 7.88. The van der Waals surface area contributed by atoms with Crippen LogP contribution in [0.4, 0.5) is 0 Å². The number of piperidine rings is 1. The van der Waals surface area contributed by atoms with E-state index >= 15 is 0 Å². The Morgan fingerprint density at radius 1 is 1.39 bits per heavy atom. The highest BCUT2D eigenvalue weighted by Crippen LogP contribution is 2.35. The number of hydrogen-bond donors (Lipinski definition) is 1. The predicted molar refractivity (Wildman–Crippen MR) is 93.3 cm³/mol. The molecule has 0 bridgehead atoms. The molecule has 0 saturated carbocycles.